The van der Waals surface area contributed by atoms with E-state index in [-0.39, 0.29) is 74.7 Å². The number of phenols is 2. The van der Waals surface area contributed by atoms with E-state index in [1.54, 1.807) is 12.1 Å². The SMILES string of the molecule is CC(=O)c1ccc(-c2c3ccc(=O)cc-3oc3c(CNC(=O)c4ccc(CNC(=O)Cc5cc6cc(F)c(O)c(F)c6oc5=O)cc4)c(O)ccc23)c(C(=O)O)c1. The number of fused-ring (bicyclic) bond motifs is 3. The molecule has 4 aromatic carbocycles. The molecule has 7 rings (SSSR count). The molecule has 2 heterocycles. The molecule has 2 aliphatic rings. The van der Waals surface area contributed by atoms with Crippen LogP contribution in [-0.2, 0) is 24.3 Å². The Labute approximate surface area is 318 Å². The monoisotopic (exact) mass is 774 g/mol. The van der Waals surface area contributed by atoms with Crippen molar-refractivity contribution >= 4 is 45.5 Å². The van der Waals surface area contributed by atoms with Crippen LogP contribution < -0.4 is 21.7 Å². The molecule has 0 radical (unpaired) electrons. The van der Waals surface area contributed by atoms with Crippen molar-refractivity contribution in [3.63, 3.8) is 0 Å². The highest BCUT2D eigenvalue weighted by atomic mass is 19.1. The summed E-state index contributed by atoms with van der Waals surface area (Å²) in [5, 5.41) is 36.0. The second-order valence-electron chi connectivity index (χ2n) is 13.0. The van der Waals surface area contributed by atoms with E-state index in [1.807, 2.05) is 0 Å². The minimum Gasteiger partial charge on any atom is -0.507 e. The van der Waals surface area contributed by atoms with Crippen molar-refractivity contribution in [3.8, 4) is 33.9 Å². The van der Waals surface area contributed by atoms with Gasteiger partial charge in [0, 0.05) is 51.2 Å². The Morgan fingerprint density at radius 1 is 0.754 bits per heavy atom. The number of ketones is 1. The van der Waals surface area contributed by atoms with Gasteiger partial charge < -0.3 is 34.8 Å². The molecule has 2 amide bonds. The summed E-state index contributed by atoms with van der Waals surface area (Å²) < 4.78 is 38.9. The van der Waals surface area contributed by atoms with Crippen molar-refractivity contribution < 1.29 is 52.1 Å². The van der Waals surface area contributed by atoms with Crippen molar-refractivity contribution in [1.82, 2.24) is 10.6 Å². The first-order chi connectivity index (χ1) is 27.2. The topological polar surface area (TPSA) is 213 Å². The van der Waals surface area contributed by atoms with Gasteiger partial charge in [-0.2, -0.15) is 4.39 Å². The number of halogens is 2. The molecule has 57 heavy (non-hydrogen) atoms. The second-order valence-corrected chi connectivity index (χ2v) is 13.0. The number of benzene rings is 5. The van der Waals surface area contributed by atoms with Gasteiger partial charge in [0.1, 0.15) is 17.1 Å². The Morgan fingerprint density at radius 2 is 1.47 bits per heavy atom. The fraction of sp³-hybridized carbons (Fsp3) is 0.0952. The van der Waals surface area contributed by atoms with Crippen molar-refractivity contribution in [1.29, 1.82) is 0 Å². The molecule has 1 aliphatic heterocycles. The molecular weight excluding hydrogens is 746 g/mol. The Kier molecular flexibility index (Phi) is 9.81. The number of aromatic carboxylic acids is 1. The van der Waals surface area contributed by atoms with Gasteiger partial charge in [-0.15, -0.1) is 0 Å². The fourth-order valence-electron chi connectivity index (χ4n) is 6.43. The average Bonchev–Trinajstić information content (AvgIpc) is 3.18. The number of Topliss-reactive ketones (excluding diaryl/α,β-unsaturated/α-hetero) is 1. The van der Waals surface area contributed by atoms with E-state index in [1.165, 1.54) is 67.6 Å². The van der Waals surface area contributed by atoms with Gasteiger partial charge in [0.05, 0.1) is 24.1 Å². The number of hydrogen-bond acceptors (Lipinski definition) is 10. The van der Waals surface area contributed by atoms with Gasteiger partial charge in [0.25, 0.3) is 5.91 Å². The van der Waals surface area contributed by atoms with Crippen molar-refractivity contribution in [3.05, 3.63) is 151 Å². The van der Waals surface area contributed by atoms with Crippen LogP contribution in [0.2, 0.25) is 0 Å². The summed E-state index contributed by atoms with van der Waals surface area (Å²) >= 11 is 0. The standard InChI is InChI=1S/C42H28F2N2O11/c1-19(47)22-6-8-26(29(13-22)41(53)54)35-27-9-7-25(48)16-33(27)56-39-28(35)10-11-32(49)30(39)18-46-40(52)21-4-2-20(3-5-21)17-45-34(50)15-24-12-23-14-31(43)37(51)36(44)38(23)57-42(24)55/h2-14,16,49,51H,15,17-18H2,1H3,(H,45,50)(H,46,52)(H,53,54). The van der Waals surface area contributed by atoms with Crippen molar-refractivity contribution in [2.75, 3.05) is 0 Å². The first kappa shape index (κ1) is 37.6. The molecule has 5 N–H and O–H groups in total. The summed E-state index contributed by atoms with van der Waals surface area (Å²) in [4.78, 5) is 75.1. The summed E-state index contributed by atoms with van der Waals surface area (Å²) in [7, 11) is 0. The molecule has 0 saturated carbocycles. The van der Waals surface area contributed by atoms with Gasteiger partial charge >= 0.3 is 11.6 Å². The molecule has 286 valence electrons. The lowest BCUT2D eigenvalue weighted by Gasteiger charge is -2.19. The second kappa shape index (κ2) is 14.9. The lowest BCUT2D eigenvalue weighted by molar-refractivity contribution is -0.120. The molecule has 15 heteroatoms. The number of carboxylic acids is 1. The van der Waals surface area contributed by atoms with E-state index in [0.717, 1.165) is 12.1 Å². The molecular formula is C42H28F2N2O11. The van der Waals surface area contributed by atoms with Crippen LogP contribution in [0.25, 0.3) is 44.4 Å². The van der Waals surface area contributed by atoms with Crippen LogP contribution in [0, 0.1) is 11.6 Å². The summed E-state index contributed by atoms with van der Waals surface area (Å²) in [6.45, 7) is 1.04. The highest BCUT2D eigenvalue weighted by Gasteiger charge is 2.25. The van der Waals surface area contributed by atoms with Gasteiger partial charge in [-0.3, -0.25) is 19.2 Å². The maximum absolute atomic E-state index is 14.1. The third-order valence-electron chi connectivity index (χ3n) is 9.31. The van der Waals surface area contributed by atoms with E-state index in [4.69, 9.17) is 8.83 Å². The van der Waals surface area contributed by atoms with E-state index < -0.39 is 58.2 Å². The largest absolute Gasteiger partial charge is 0.507 e. The number of carbonyl (C=O) groups excluding carboxylic acids is 3. The number of phenolic OH excluding ortho intramolecular Hbond substituents is 2. The van der Waals surface area contributed by atoms with Crippen molar-refractivity contribution in [2.45, 2.75) is 26.4 Å². The maximum Gasteiger partial charge on any atom is 0.340 e. The molecule has 0 unspecified atom stereocenters. The van der Waals surface area contributed by atoms with Crippen LogP contribution in [0.3, 0.4) is 0 Å². The van der Waals surface area contributed by atoms with Crippen LogP contribution in [0.5, 0.6) is 11.5 Å². The summed E-state index contributed by atoms with van der Waals surface area (Å²) in [6, 6.07) is 19.1. The van der Waals surface area contributed by atoms with E-state index in [9.17, 15) is 52.9 Å². The first-order valence-corrected chi connectivity index (χ1v) is 17.1. The van der Waals surface area contributed by atoms with Gasteiger partial charge in [0.15, 0.2) is 28.4 Å². The third-order valence-corrected chi connectivity index (χ3v) is 9.31. The van der Waals surface area contributed by atoms with Crippen LogP contribution >= 0.6 is 0 Å². The predicted octanol–water partition coefficient (Wildman–Crippen LogP) is 6.05. The fourth-order valence-corrected chi connectivity index (χ4v) is 6.43. The Balaban J connectivity index is 1.09. The maximum atomic E-state index is 14.1. The van der Waals surface area contributed by atoms with Gasteiger partial charge in [-0.1, -0.05) is 24.3 Å². The number of carbonyl (C=O) groups is 4. The third kappa shape index (κ3) is 7.28. The summed E-state index contributed by atoms with van der Waals surface area (Å²) in [6.07, 6.45) is -0.474. The summed E-state index contributed by atoms with van der Waals surface area (Å²) in [5.74, 6) is -6.97. The molecule has 0 bridgehead atoms. The van der Waals surface area contributed by atoms with E-state index in [0.29, 0.717) is 22.1 Å². The molecule has 1 aliphatic carbocycles. The average molecular weight is 775 g/mol. The molecule has 5 aromatic rings. The summed E-state index contributed by atoms with van der Waals surface area (Å²) in [5.41, 5.74) is -0.283. The zero-order chi connectivity index (χ0) is 40.7. The minimum absolute atomic E-state index is 0.00933. The van der Waals surface area contributed by atoms with E-state index >= 15 is 0 Å². The van der Waals surface area contributed by atoms with Crippen LogP contribution in [0.15, 0.2) is 103 Å². The van der Waals surface area contributed by atoms with Gasteiger partial charge in [0.2, 0.25) is 11.7 Å². The van der Waals surface area contributed by atoms with Crippen LogP contribution in [0.4, 0.5) is 8.78 Å². The molecule has 0 fully saturated rings. The first-order valence-electron chi connectivity index (χ1n) is 17.1. The lowest BCUT2D eigenvalue weighted by Crippen LogP contribution is -2.27. The number of nitrogens with one attached hydrogen (secondary N) is 2. The number of rotatable bonds is 10. The van der Waals surface area contributed by atoms with Crippen LogP contribution in [0.1, 0.15) is 54.7 Å². The quantitative estimate of drug-likeness (QED) is 0.0613. The normalized spacial score (nSPS) is 11.2. The molecule has 1 aromatic heterocycles. The number of hydrogen-bond donors (Lipinski definition) is 5. The smallest absolute Gasteiger partial charge is 0.340 e. The Hall–Kier alpha value is -7.68. The Morgan fingerprint density at radius 3 is 2.19 bits per heavy atom. The van der Waals surface area contributed by atoms with Gasteiger partial charge in [-0.25, -0.2) is 14.0 Å². The van der Waals surface area contributed by atoms with E-state index in [2.05, 4.69) is 10.6 Å². The molecule has 0 atom stereocenters. The zero-order valence-corrected chi connectivity index (χ0v) is 29.6. The molecule has 0 saturated heterocycles. The lowest BCUT2D eigenvalue weighted by atomic mass is 9.89. The highest BCUT2D eigenvalue weighted by molar-refractivity contribution is 6.09. The van der Waals surface area contributed by atoms with Gasteiger partial charge in [-0.05, 0) is 72.6 Å². The number of amides is 2. The molecule has 0 spiro atoms. The minimum atomic E-state index is -1.44. The molecule has 13 nitrogen and oxygen atoms in total. The number of carboxylic acid groups (broad SMARTS) is 1. The highest BCUT2D eigenvalue weighted by Crippen LogP contribution is 2.43. The van der Waals surface area contributed by atoms with Crippen molar-refractivity contribution in [2.24, 2.45) is 0 Å². The Bertz CT molecular complexity index is 2920. The predicted molar refractivity (Wildman–Crippen MR) is 200 cm³/mol. The van der Waals surface area contributed by atoms with Crippen LogP contribution in [-0.4, -0.2) is 38.9 Å². The zero-order valence-electron chi connectivity index (χ0n) is 29.6. The number of aromatic hydroxyl groups is 2.